The Morgan fingerprint density at radius 3 is 2.38 bits per heavy atom. The molecular weight excluding hydrogens is 100 g/mol. The average molecular weight is 112 g/mol. The highest BCUT2D eigenvalue weighted by Gasteiger charge is 1.88. The van der Waals surface area contributed by atoms with Crippen molar-refractivity contribution in [2.45, 2.75) is 6.92 Å². The molecule has 0 N–H and O–H groups in total. The van der Waals surface area contributed by atoms with E-state index in [0.29, 0.717) is 0 Å². The quantitative estimate of drug-likeness (QED) is 0.366. The Morgan fingerprint density at radius 1 is 1.75 bits per heavy atom. The van der Waals surface area contributed by atoms with Gasteiger partial charge in [0.15, 0.2) is 0 Å². The molecule has 0 fully saturated rings. The zero-order valence-corrected chi connectivity index (χ0v) is 5.68. The molecule has 0 saturated heterocycles. The topological polar surface area (TPSA) is 15.6 Å². The predicted molar refractivity (Wildman–Crippen MR) is 37.0 cm³/mol. The maximum absolute atomic E-state index is 3.93. The van der Waals surface area contributed by atoms with E-state index in [0.717, 1.165) is 5.84 Å². The Balaban J connectivity index is 3.81. The fourth-order valence-electron chi connectivity index (χ4n) is 0.290. The minimum atomic E-state index is 0.972. The summed E-state index contributed by atoms with van der Waals surface area (Å²) in [5, 5.41) is 0. The molecule has 0 aliphatic carbocycles. The largest absolute Gasteiger partial charge is 0.341 e. The van der Waals surface area contributed by atoms with E-state index in [1.54, 1.807) is 13.2 Å². The van der Waals surface area contributed by atoms with Gasteiger partial charge < -0.3 is 4.90 Å². The lowest BCUT2D eigenvalue weighted by molar-refractivity contribution is 0.684. The summed E-state index contributed by atoms with van der Waals surface area (Å²) in [6.45, 7) is 5.51. The van der Waals surface area contributed by atoms with Gasteiger partial charge in [0.05, 0.1) is 5.84 Å². The average Bonchev–Trinajstić information content (AvgIpc) is 1.84. The first-order chi connectivity index (χ1) is 3.72. The van der Waals surface area contributed by atoms with E-state index >= 15 is 0 Å². The Bertz CT molecular complexity index is 105. The second-order valence-corrected chi connectivity index (χ2v) is 1.56. The molecule has 0 aromatic carbocycles. The third kappa shape index (κ3) is 1.78. The smallest absolute Gasteiger partial charge is 0.0990 e. The van der Waals surface area contributed by atoms with Crippen molar-refractivity contribution in [1.82, 2.24) is 4.90 Å². The van der Waals surface area contributed by atoms with Crippen LogP contribution in [-0.2, 0) is 0 Å². The van der Waals surface area contributed by atoms with E-state index in [9.17, 15) is 0 Å². The van der Waals surface area contributed by atoms with Crippen molar-refractivity contribution in [3.63, 3.8) is 0 Å². The fraction of sp³-hybridized carbons (Fsp3) is 0.500. The number of nitrogens with zero attached hydrogens (tertiary/aromatic N) is 2. The standard InChI is InChI=1S/C6H12N2/c1-5-8(4)6(2)7-3/h5H,1H2,2-4H3. The van der Waals surface area contributed by atoms with Gasteiger partial charge in [0.1, 0.15) is 0 Å². The summed E-state index contributed by atoms with van der Waals surface area (Å²) >= 11 is 0. The molecule has 0 bridgehead atoms. The Kier molecular flexibility index (Phi) is 2.92. The summed E-state index contributed by atoms with van der Waals surface area (Å²) in [6, 6.07) is 0. The van der Waals surface area contributed by atoms with Gasteiger partial charge in [-0.1, -0.05) is 6.58 Å². The Labute approximate surface area is 50.5 Å². The Hall–Kier alpha value is -0.790. The SMILES string of the molecule is C=CN(C)C(C)=NC. The number of hydrogen-bond acceptors (Lipinski definition) is 1. The molecule has 0 radical (unpaired) electrons. The number of aliphatic imine (C=N–C) groups is 1. The molecule has 0 rings (SSSR count). The van der Waals surface area contributed by atoms with Gasteiger partial charge in [-0.2, -0.15) is 0 Å². The summed E-state index contributed by atoms with van der Waals surface area (Å²) in [6.07, 6.45) is 1.72. The number of hydrogen-bond donors (Lipinski definition) is 0. The van der Waals surface area contributed by atoms with Crippen LogP contribution in [0.5, 0.6) is 0 Å². The number of amidine groups is 1. The zero-order chi connectivity index (χ0) is 6.57. The van der Waals surface area contributed by atoms with Crippen LogP contribution in [0, 0.1) is 0 Å². The van der Waals surface area contributed by atoms with Gasteiger partial charge in [-0.05, 0) is 13.1 Å². The highest BCUT2D eigenvalue weighted by atomic mass is 15.1. The van der Waals surface area contributed by atoms with E-state index < -0.39 is 0 Å². The summed E-state index contributed by atoms with van der Waals surface area (Å²) in [5.74, 6) is 0.972. The fourth-order valence-corrected chi connectivity index (χ4v) is 0.290. The van der Waals surface area contributed by atoms with Crippen molar-refractivity contribution >= 4 is 5.84 Å². The minimum Gasteiger partial charge on any atom is -0.341 e. The van der Waals surface area contributed by atoms with Crippen LogP contribution in [0.3, 0.4) is 0 Å². The molecule has 0 aliphatic rings. The van der Waals surface area contributed by atoms with Gasteiger partial charge in [-0.15, -0.1) is 0 Å². The monoisotopic (exact) mass is 112 g/mol. The molecule has 0 aromatic rings. The third-order valence-electron chi connectivity index (χ3n) is 1.11. The summed E-state index contributed by atoms with van der Waals surface area (Å²) in [4.78, 5) is 5.79. The van der Waals surface area contributed by atoms with Gasteiger partial charge in [0.2, 0.25) is 0 Å². The molecule has 0 heterocycles. The van der Waals surface area contributed by atoms with Crippen molar-refractivity contribution in [1.29, 1.82) is 0 Å². The van der Waals surface area contributed by atoms with E-state index in [1.165, 1.54) is 0 Å². The predicted octanol–water partition coefficient (Wildman–Crippen LogP) is 1.11. The molecule has 2 nitrogen and oxygen atoms in total. The highest BCUT2D eigenvalue weighted by Crippen LogP contribution is 1.83. The number of rotatable bonds is 1. The van der Waals surface area contributed by atoms with E-state index in [2.05, 4.69) is 11.6 Å². The van der Waals surface area contributed by atoms with Crippen LogP contribution in [0.25, 0.3) is 0 Å². The molecule has 46 valence electrons. The van der Waals surface area contributed by atoms with Gasteiger partial charge in [-0.3, -0.25) is 4.99 Å². The second-order valence-electron chi connectivity index (χ2n) is 1.56. The first kappa shape index (κ1) is 7.21. The van der Waals surface area contributed by atoms with Crippen molar-refractivity contribution in [2.24, 2.45) is 4.99 Å². The second kappa shape index (κ2) is 3.24. The van der Waals surface area contributed by atoms with E-state index in [-0.39, 0.29) is 0 Å². The first-order valence-corrected chi connectivity index (χ1v) is 2.51. The molecule has 0 spiro atoms. The maximum atomic E-state index is 3.93. The van der Waals surface area contributed by atoms with Crippen LogP contribution in [0.1, 0.15) is 6.92 Å². The molecule has 0 amide bonds. The molecule has 2 heteroatoms. The van der Waals surface area contributed by atoms with Crippen molar-refractivity contribution in [2.75, 3.05) is 14.1 Å². The van der Waals surface area contributed by atoms with Crippen LogP contribution in [0.2, 0.25) is 0 Å². The molecule has 0 aliphatic heterocycles. The lowest BCUT2D eigenvalue weighted by Crippen LogP contribution is -2.16. The maximum Gasteiger partial charge on any atom is 0.0990 e. The van der Waals surface area contributed by atoms with E-state index in [1.807, 2.05) is 18.9 Å². The van der Waals surface area contributed by atoms with Crippen LogP contribution in [0.15, 0.2) is 17.8 Å². The molecule has 0 unspecified atom stereocenters. The molecule has 0 saturated carbocycles. The molecular formula is C6H12N2. The first-order valence-electron chi connectivity index (χ1n) is 2.51. The zero-order valence-electron chi connectivity index (χ0n) is 5.68. The third-order valence-corrected chi connectivity index (χ3v) is 1.11. The Morgan fingerprint density at radius 2 is 2.25 bits per heavy atom. The van der Waals surface area contributed by atoms with Crippen LogP contribution in [-0.4, -0.2) is 24.8 Å². The normalized spacial score (nSPS) is 11.1. The van der Waals surface area contributed by atoms with Crippen LogP contribution < -0.4 is 0 Å². The van der Waals surface area contributed by atoms with Gasteiger partial charge in [-0.25, -0.2) is 0 Å². The minimum absolute atomic E-state index is 0.972. The van der Waals surface area contributed by atoms with Crippen molar-refractivity contribution in [3.05, 3.63) is 12.8 Å². The summed E-state index contributed by atoms with van der Waals surface area (Å²) in [7, 11) is 3.67. The van der Waals surface area contributed by atoms with Crippen molar-refractivity contribution < 1.29 is 0 Å². The van der Waals surface area contributed by atoms with Gasteiger partial charge in [0.25, 0.3) is 0 Å². The lowest BCUT2D eigenvalue weighted by Gasteiger charge is -2.10. The summed E-state index contributed by atoms with van der Waals surface area (Å²) < 4.78 is 0. The molecule has 0 atom stereocenters. The molecule has 0 aromatic heterocycles. The van der Waals surface area contributed by atoms with Gasteiger partial charge >= 0.3 is 0 Å². The highest BCUT2D eigenvalue weighted by molar-refractivity contribution is 5.80. The summed E-state index contributed by atoms with van der Waals surface area (Å²) in [5.41, 5.74) is 0. The molecule has 8 heavy (non-hydrogen) atoms. The van der Waals surface area contributed by atoms with Crippen LogP contribution >= 0.6 is 0 Å². The van der Waals surface area contributed by atoms with Crippen LogP contribution in [0.4, 0.5) is 0 Å². The van der Waals surface area contributed by atoms with Crippen molar-refractivity contribution in [3.8, 4) is 0 Å². The van der Waals surface area contributed by atoms with E-state index in [4.69, 9.17) is 0 Å². The van der Waals surface area contributed by atoms with Gasteiger partial charge in [0, 0.05) is 14.1 Å². The lowest BCUT2D eigenvalue weighted by atomic mass is 10.6.